The van der Waals surface area contributed by atoms with Gasteiger partial charge in [0, 0.05) is 6.42 Å². The molecule has 0 aliphatic heterocycles. The summed E-state index contributed by atoms with van der Waals surface area (Å²) in [6.45, 7) is 4.99. The summed E-state index contributed by atoms with van der Waals surface area (Å²) in [5.41, 5.74) is 4.76. The predicted molar refractivity (Wildman–Crippen MR) is 39.3 cm³/mol. The normalized spacial score (nSPS) is 8.82. The van der Waals surface area contributed by atoms with Gasteiger partial charge in [-0.05, 0) is 6.42 Å². The number of hydrogen-bond acceptors (Lipinski definition) is 3. The van der Waals surface area contributed by atoms with E-state index in [1.807, 2.05) is 6.92 Å². The van der Waals surface area contributed by atoms with Crippen molar-refractivity contribution >= 4 is 11.9 Å². The molecule has 4 nitrogen and oxygen atoms in total. The summed E-state index contributed by atoms with van der Waals surface area (Å²) >= 11 is 0. The van der Waals surface area contributed by atoms with Crippen LogP contribution < -0.4 is 5.73 Å². The van der Waals surface area contributed by atoms with E-state index in [1.165, 1.54) is 0 Å². The van der Waals surface area contributed by atoms with Gasteiger partial charge in [0.2, 0.25) is 0 Å². The predicted octanol–water partition coefficient (Wildman–Crippen LogP) is 0.329. The molecule has 0 unspecified atom stereocenters. The number of esters is 1. The Morgan fingerprint density at radius 3 is 2.45 bits per heavy atom. The first-order valence-electron chi connectivity index (χ1n) is 3.27. The Hall–Kier alpha value is -1.32. The summed E-state index contributed by atoms with van der Waals surface area (Å²) < 4.78 is 4.44. The molecule has 4 heteroatoms. The van der Waals surface area contributed by atoms with Crippen molar-refractivity contribution in [3.8, 4) is 0 Å². The number of rotatable bonds is 4. The number of hydrogen-bond donors (Lipinski definition) is 1. The highest BCUT2D eigenvalue weighted by molar-refractivity contribution is 5.91. The van der Waals surface area contributed by atoms with Gasteiger partial charge in [-0.15, -0.1) is 0 Å². The average molecular weight is 157 g/mol. The van der Waals surface area contributed by atoms with Crippen LogP contribution in [0.25, 0.3) is 0 Å². The van der Waals surface area contributed by atoms with Crippen molar-refractivity contribution in [1.82, 2.24) is 0 Å². The smallest absolute Gasteiger partial charge is 0.311 e. The van der Waals surface area contributed by atoms with Crippen LogP contribution >= 0.6 is 0 Å². The van der Waals surface area contributed by atoms with E-state index in [4.69, 9.17) is 5.73 Å². The Bertz CT molecular complexity index is 186. The fraction of sp³-hybridized carbons (Fsp3) is 0.429. The van der Waals surface area contributed by atoms with Crippen LogP contribution in [0.4, 0.5) is 0 Å². The first kappa shape index (κ1) is 9.68. The van der Waals surface area contributed by atoms with E-state index < -0.39 is 11.9 Å². The minimum Gasteiger partial charge on any atom is -0.421 e. The summed E-state index contributed by atoms with van der Waals surface area (Å²) in [4.78, 5) is 21.0. The topological polar surface area (TPSA) is 69.4 Å². The Balaban J connectivity index is 3.76. The molecule has 2 N–H and O–H groups in total. The number of carbonyl (C=O) groups is 2. The molecule has 0 aliphatic rings. The van der Waals surface area contributed by atoms with E-state index in [2.05, 4.69) is 11.3 Å². The molecule has 0 atom stereocenters. The molecule has 0 spiro atoms. The highest BCUT2D eigenvalue weighted by Gasteiger charge is 2.07. The molecule has 0 aromatic heterocycles. The minimum absolute atomic E-state index is 0.270. The lowest BCUT2D eigenvalue weighted by Crippen LogP contribution is -2.17. The van der Waals surface area contributed by atoms with Crippen molar-refractivity contribution in [2.24, 2.45) is 5.73 Å². The minimum atomic E-state index is -0.811. The molecular weight excluding hydrogens is 146 g/mol. The molecule has 0 saturated heterocycles. The van der Waals surface area contributed by atoms with Gasteiger partial charge in [0.05, 0.1) is 0 Å². The Morgan fingerprint density at radius 2 is 2.09 bits per heavy atom. The first-order valence-corrected chi connectivity index (χ1v) is 3.27. The number of amides is 1. The fourth-order valence-electron chi connectivity index (χ4n) is 0.443. The molecule has 0 aromatic carbocycles. The highest BCUT2D eigenvalue weighted by atomic mass is 16.5. The maximum Gasteiger partial charge on any atom is 0.311 e. The van der Waals surface area contributed by atoms with Crippen LogP contribution in [0.5, 0.6) is 0 Å². The highest BCUT2D eigenvalue weighted by Crippen LogP contribution is 1.97. The van der Waals surface area contributed by atoms with Crippen LogP contribution in [-0.2, 0) is 14.3 Å². The second-order valence-corrected chi connectivity index (χ2v) is 2.01. The van der Waals surface area contributed by atoms with Crippen molar-refractivity contribution in [2.75, 3.05) is 0 Å². The zero-order valence-electron chi connectivity index (χ0n) is 6.42. The van der Waals surface area contributed by atoms with Gasteiger partial charge in [-0.2, -0.15) is 0 Å². The van der Waals surface area contributed by atoms with E-state index in [-0.39, 0.29) is 12.2 Å². The maximum atomic E-state index is 10.7. The third-order valence-corrected chi connectivity index (χ3v) is 0.966. The summed E-state index contributed by atoms with van der Waals surface area (Å²) in [5.74, 6) is -1.59. The lowest BCUT2D eigenvalue weighted by Gasteiger charge is -2.01. The summed E-state index contributed by atoms with van der Waals surface area (Å²) in [7, 11) is 0. The van der Waals surface area contributed by atoms with Crippen molar-refractivity contribution < 1.29 is 14.3 Å². The number of carbonyl (C=O) groups excluding carboxylic acids is 2. The molecule has 0 rings (SSSR count). The van der Waals surface area contributed by atoms with Crippen LogP contribution in [0.3, 0.4) is 0 Å². The van der Waals surface area contributed by atoms with Crippen molar-refractivity contribution in [1.29, 1.82) is 0 Å². The van der Waals surface area contributed by atoms with E-state index in [0.29, 0.717) is 6.42 Å². The lowest BCUT2D eigenvalue weighted by atomic mass is 10.3. The van der Waals surface area contributed by atoms with Gasteiger partial charge in [-0.3, -0.25) is 9.59 Å². The van der Waals surface area contributed by atoms with Crippen molar-refractivity contribution in [3.63, 3.8) is 0 Å². The van der Waals surface area contributed by atoms with Gasteiger partial charge in [-0.25, -0.2) is 0 Å². The molecule has 11 heavy (non-hydrogen) atoms. The second kappa shape index (κ2) is 4.49. The van der Waals surface area contributed by atoms with Crippen LogP contribution in [0, 0.1) is 0 Å². The van der Waals surface area contributed by atoms with E-state index >= 15 is 0 Å². The maximum absolute atomic E-state index is 10.7. The average Bonchev–Trinajstić information content (AvgIpc) is 1.87. The zero-order chi connectivity index (χ0) is 8.85. The van der Waals surface area contributed by atoms with Crippen molar-refractivity contribution in [2.45, 2.75) is 19.8 Å². The van der Waals surface area contributed by atoms with Crippen LogP contribution in [0.1, 0.15) is 19.8 Å². The molecular formula is C7H11NO3. The van der Waals surface area contributed by atoms with Crippen LogP contribution in [0.2, 0.25) is 0 Å². The van der Waals surface area contributed by atoms with Crippen LogP contribution in [0.15, 0.2) is 12.3 Å². The summed E-state index contributed by atoms with van der Waals surface area (Å²) in [5, 5.41) is 0. The first-order chi connectivity index (χ1) is 5.07. The van der Waals surface area contributed by atoms with E-state index in [9.17, 15) is 9.59 Å². The number of primary amides is 1. The molecule has 62 valence electrons. The lowest BCUT2D eigenvalue weighted by molar-refractivity contribution is -0.142. The Morgan fingerprint density at radius 1 is 1.55 bits per heavy atom. The quantitative estimate of drug-likeness (QED) is 0.363. The Labute approximate surface area is 65.0 Å². The standard InChI is InChI=1S/C7H11NO3/c1-3-4-6(9)11-5(2)7(8)10/h2-4H2,1H3,(H2,8,10). The van der Waals surface area contributed by atoms with Gasteiger partial charge >= 0.3 is 5.97 Å². The molecule has 0 fully saturated rings. The van der Waals surface area contributed by atoms with Gasteiger partial charge in [0.15, 0.2) is 5.76 Å². The third kappa shape index (κ3) is 4.13. The van der Waals surface area contributed by atoms with E-state index in [0.717, 1.165) is 0 Å². The number of ether oxygens (including phenoxy) is 1. The molecule has 0 radical (unpaired) electrons. The van der Waals surface area contributed by atoms with Gasteiger partial charge in [-0.1, -0.05) is 13.5 Å². The monoisotopic (exact) mass is 157 g/mol. The summed E-state index contributed by atoms with van der Waals surface area (Å²) in [6, 6.07) is 0. The van der Waals surface area contributed by atoms with E-state index in [1.54, 1.807) is 0 Å². The SMILES string of the molecule is C=C(OC(=O)CCC)C(N)=O. The largest absolute Gasteiger partial charge is 0.421 e. The molecule has 0 aromatic rings. The summed E-state index contributed by atoms with van der Waals surface area (Å²) in [6.07, 6.45) is 0.942. The van der Waals surface area contributed by atoms with Gasteiger partial charge < -0.3 is 10.5 Å². The molecule has 0 aliphatic carbocycles. The van der Waals surface area contributed by atoms with Gasteiger partial charge in [0.25, 0.3) is 5.91 Å². The fourth-order valence-corrected chi connectivity index (χ4v) is 0.443. The zero-order valence-corrected chi connectivity index (χ0v) is 6.42. The van der Waals surface area contributed by atoms with Crippen molar-refractivity contribution in [3.05, 3.63) is 12.3 Å². The molecule has 0 bridgehead atoms. The Kier molecular flexibility index (Phi) is 3.95. The molecule has 0 saturated carbocycles. The molecule has 1 amide bonds. The number of nitrogens with two attached hydrogens (primary N) is 1. The molecule has 0 heterocycles. The second-order valence-electron chi connectivity index (χ2n) is 2.01. The van der Waals surface area contributed by atoms with Gasteiger partial charge in [0.1, 0.15) is 0 Å². The van der Waals surface area contributed by atoms with Crippen LogP contribution in [-0.4, -0.2) is 11.9 Å². The third-order valence-electron chi connectivity index (χ3n) is 0.966.